The van der Waals surface area contributed by atoms with Crippen molar-refractivity contribution in [1.82, 2.24) is 10.6 Å². The van der Waals surface area contributed by atoms with Crippen LogP contribution >= 0.6 is 0 Å². The fourth-order valence-corrected chi connectivity index (χ4v) is 6.29. The molecule has 278 valence electrons. The van der Waals surface area contributed by atoms with Crippen LogP contribution in [0.4, 0.5) is 0 Å². The lowest BCUT2D eigenvalue weighted by atomic mass is 9.83. The predicted octanol–water partition coefficient (Wildman–Crippen LogP) is -8.51. The van der Waals surface area contributed by atoms with E-state index in [9.17, 15) is 50.4 Å². The van der Waals surface area contributed by atoms with Crippen LogP contribution < -0.4 is 27.8 Å². The first-order valence-corrected chi connectivity index (χ1v) is 15.6. The third-order valence-electron chi connectivity index (χ3n) is 8.98. The van der Waals surface area contributed by atoms with E-state index in [1.54, 1.807) is 0 Å². The van der Waals surface area contributed by atoms with Crippen LogP contribution in [0.2, 0.25) is 0 Å². The van der Waals surface area contributed by atoms with Crippen LogP contribution in [-0.2, 0) is 38.0 Å². The van der Waals surface area contributed by atoms with Gasteiger partial charge in [0.05, 0.1) is 31.3 Å². The number of hydrogen-bond acceptors (Lipinski definition) is 19. The molecular weight excluding hydrogens is 650 g/mol. The molecule has 0 aromatic carbocycles. The van der Waals surface area contributed by atoms with Crippen molar-refractivity contribution >= 4 is 11.8 Å². The number of nitrogens with two attached hydrogens (primary N) is 3. The molecule has 16 N–H and O–H groups in total. The van der Waals surface area contributed by atoms with Crippen molar-refractivity contribution in [2.24, 2.45) is 17.2 Å². The van der Waals surface area contributed by atoms with Crippen molar-refractivity contribution < 1.29 is 78.9 Å². The minimum atomic E-state index is -1.72. The fourth-order valence-electron chi connectivity index (χ4n) is 6.29. The van der Waals surface area contributed by atoms with E-state index in [0.717, 1.165) is 0 Å². The molecule has 4 aliphatic rings. The molecule has 4 fully saturated rings. The van der Waals surface area contributed by atoms with E-state index < -0.39 is 141 Å². The highest BCUT2D eigenvalue weighted by atomic mass is 16.8. The summed E-state index contributed by atoms with van der Waals surface area (Å²) in [5.74, 6) is -0.928. The molecule has 1 aliphatic carbocycles. The van der Waals surface area contributed by atoms with Gasteiger partial charge >= 0.3 is 0 Å². The number of carbonyl (C=O) groups is 2. The van der Waals surface area contributed by atoms with Crippen molar-refractivity contribution in [3.05, 3.63) is 0 Å². The maximum absolute atomic E-state index is 11.9. The normalized spacial score (nSPS) is 48.2. The minimum Gasteiger partial charge on any atom is -0.394 e. The highest BCUT2D eigenvalue weighted by Gasteiger charge is 2.55. The Balaban J connectivity index is 1.54. The van der Waals surface area contributed by atoms with Crippen LogP contribution in [0.3, 0.4) is 0 Å². The molecule has 21 heteroatoms. The summed E-state index contributed by atoms with van der Waals surface area (Å²) >= 11 is 0. The molecule has 1 saturated carbocycles. The van der Waals surface area contributed by atoms with Crippen LogP contribution in [0.1, 0.15) is 20.3 Å². The van der Waals surface area contributed by atoms with E-state index in [0.29, 0.717) is 0 Å². The Morgan fingerprint density at radius 1 is 0.646 bits per heavy atom. The van der Waals surface area contributed by atoms with Gasteiger partial charge in [0, 0.05) is 26.4 Å². The Kier molecular flexibility index (Phi) is 13.4. The van der Waals surface area contributed by atoms with E-state index in [-0.39, 0.29) is 13.0 Å². The molecule has 0 aromatic rings. The van der Waals surface area contributed by atoms with Gasteiger partial charge in [0.25, 0.3) is 0 Å². The molecule has 3 saturated heterocycles. The summed E-state index contributed by atoms with van der Waals surface area (Å²) in [6.07, 6.45) is -22.0. The second kappa shape index (κ2) is 16.5. The smallest absolute Gasteiger partial charge is 0.217 e. The second-order valence-electron chi connectivity index (χ2n) is 12.5. The number of rotatable bonds is 11. The van der Waals surface area contributed by atoms with Crippen molar-refractivity contribution in [2.45, 2.75) is 137 Å². The Hall–Kier alpha value is -1.74. The van der Waals surface area contributed by atoms with Crippen LogP contribution in [0, 0.1) is 0 Å². The number of amides is 2. The number of nitrogens with one attached hydrogen (secondary N) is 2. The summed E-state index contributed by atoms with van der Waals surface area (Å²) in [7, 11) is 0. The number of carbonyl (C=O) groups excluding carboxylic acids is 2. The molecule has 3 heterocycles. The third kappa shape index (κ3) is 8.41. The highest BCUT2D eigenvalue weighted by molar-refractivity contribution is 5.73. The standard InChI is InChI=1S/C27H49N5O16/c1-7(35)31-4-11-17(38)19(40)14(29)25(43-11)47-23-13(6-34)45-27(21(23)42)48-24-16(37)10(32-8(2)36)3-9(28)22(24)46-26-15(30)20(41)18(39)12(5-33)44-26/h9-27,33-34,37-42H,3-6,28-30H2,1-2H3,(H,31,35)(H,32,36)/t9-,10+,11-,12+,13+,14+,15+,16-,17+,18+,19+,20+,21+,22+,23+,24+,25+,26-,27-/m0/s1. The average molecular weight is 700 g/mol. The zero-order valence-electron chi connectivity index (χ0n) is 26.4. The van der Waals surface area contributed by atoms with Crippen molar-refractivity contribution in [1.29, 1.82) is 0 Å². The third-order valence-corrected chi connectivity index (χ3v) is 8.98. The minimum absolute atomic E-state index is 0.0361. The summed E-state index contributed by atoms with van der Waals surface area (Å²) < 4.78 is 34.8. The monoisotopic (exact) mass is 699 g/mol. The van der Waals surface area contributed by atoms with Gasteiger partial charge < -0.3 is 97.1 Å². The molecule has 0 aromatic heterocycles. The van der Waals surface area contributed by atoms with Gasteiger partial charge in [-0.3, -0.25) is 9.59 Å². The first kappa shape index (κ1) is 39.1. The van der Waals surface area contributed by atoms with Gasteiger partial charge in [-0.15, -0.1) is 0 Å². The van der Waals surface area contributed by atoms with Crippen molar-refractivity contribution in [3.63, 3.8) is 0 Å². The number of hydrogen-bond donors (Lipinski definition) is 13. The van der Waals surface area contributed by atoms with Gasteiger partial charge in [-0.25, -0.2) is 0 Å². The molecule has 0 spiro atoms. The van der Waals surface area contributed by atoms with Gasteiger partial charge in [-0.2, -0.15) is 0 Å². The van der Waals surface area contributed by atoms with Gasteiger partial charge in [0.2, 0.25) is 11.8 Å². The molecule has 0 bridgehead atoms. The van der Waals surface area contributed by atoms with E-state index in [4.69, 9.17) is 45.6 Å². The Morgan fingerprint density at radius 3 is 1.69 bits per heavy atom. The van der Waals surface area contributed by atoms with Gasteiger partial charge in [-0.1, -0.05) is 0 Å². The Bertz CT molecular complexity index is 1080. The fraction of sp³-hybridized carbons (Fsp3) is 0.926. The lowest BCUT2D eigenvalue weighted by Gasteiger charge is -2.47. The molecule has 3 aliphatic heterocycles. The van der Waals surface area contributed by atoms with E-state index >= 15 is 0 Å². The maximum Gasteiger partial charge on any atom is 0.217 e. The lowest BCUT2D eigenvalue weighted by Crippen LogP contribution is -2.68. The van der Waals surface area contributed by atoms with Crippen LogP contribution in [0.5, 0.6) is 0 Å². The largest absolute Gasteiger partial charge is 0.394 e. The van der Waals surface area contributed by atoms with Crippen molar-refractivity contribution in [2.75, 3.05) is 19.8 Å². The van der Waals surface area contributed by atoms with Gasteiger partial charge in [0.1, 0.15) is 73.2 Å². The van der Waals surface area contributed by atoms with E-state index in [1.807, 2.05) is 0 Å². The average Bonchev–Trinajstić information content (AvgIpc) is 3.33. The first-order chi connectivity index (χ1) is 22.6. The zero-order valence-corrected chi connectivity index (χ0v) is 26.4. The summed E-state index contributed by atoms with van der Waals surface area (Å²) in [6, 6.07) is -4.65. The number of aliphatic hydroxyl groups excluding tert-OH is 8. The first-order valence-electron chi connectivity index (χ1n) is 15.6. The second-order valence-corrected chi connectivity index (χ2v) is 12.5. The SMILES string of the molecule is CC(=O)NC[C@@H]1O[C@H](O[C@H]2[C@@H](O)[C@H](O[C@@H]3[C@@H](O)[C@H](NC(C)=O)C[C@H](N)[C@H]3O[C@@H]3O[C@H](CO)[C@@H](O)[C@H](O)[C@H]3N)O[C@@H]2CO)[C@H](N)[C@@H](O)[C@@H]1O. The maximum atomic E-state index is 11.9. The summed E-state index contributed by atoms with van der Waals surface area (Å²) in [6.45, 7) is 0.834. The summed E-state index contributed by atoms with van der Waals surface area (Å²) in [4.78, 5) is 23.3. The van der Waals surface area contributed by atoms with Crippen molar-refractivity contribution in [3.8, 4) is 0 Å². The molecule has 0 unspecified atom stereocenters. The quantitative estimate of drug-likeness (QED) is 0.0952. The van der Waals surface area contributed by atoms with Gasteiger partial charge in [0.15, 0.2) is 18.9 Å². The predicted molar refractivity (Wildman–Crippen MR) is 156 cm³/mol. The van der Waals surface area contributed by atoms with Crippen LogP contribution in [0.25, 0.3) is 0 Å². The van der Waals surface area contributed by atoms with Crippen LogP contribution in [-0.4, -0.2) is 189 Å². The van der Waals surface area contributed by atoms with E-state index in [1.165, 1.54) is 13.8 Å². The Labute approximate surface area is 275 Å². The van der Waals surface area contributed by atoms with Gasteiger partial charge in [-0.05, 0) is 6.42 Å². The molecule has 0 radical (unpaired) electrons. The zero-order chi connectivity index (χ0) is 35.6. The molecular formula is C27H49N5O16. The molecule has 19 atom stereocenters. The topological polar surface area (TPSA) is 353 Å². The molecule has 21 nitrogen and oxygen atoms in total. The van der Waals surface area contributed by atoms with Crippen LogP contribution in [0.15, 0.2) is 0 Å². The highest BCUT2D eigenvalue weighted by Crippen LogP contribution is 2.34. The summed E-state index contributed by atoms with van der Waals surface area (Å²) in [5.41, 5.74) is 18.5. The Morgan fingerprint density at radius 2 is 1.15 bits per heavy atom. The summed E-state index contributed by atoms with van der Waals surface area (Å²) in [5, 5.41) is 88.8. The molecule has 4 rings (SSSR count). The number of aliphatic hydroxyl groups is 8. The lowest BCUT2D eigenvalue weighted by molar-refractivity contribution is -0.311. The molecule has 2 amide bonds. The molecule has 48 heavy (non-hydrogen) atoms. The van der Waals surface area contributed by atoms with E-state index in [2.05, 4.69) is 10.6 Å². The number of ether oxygens (including phenoxy) is 6.